The van der Waals surface area contributed by atoms with Crippen molar-refractivity contribution in [1.29, 1.82) is 0 Å². The van der Waals surface area contributed by atoms with Crippen molar-refractivity contribution >= 4 is 18.0 Å². The monoisotopic (exact) mass is 312 g/mol. The Labute approximate surface area is 117 Å². The second-order valence-corrected chi connectivity index (χ2v) is 4.86. The predicted molar refractivity (Wildman–Crippen MR) is 62.6 cm³/mol. The van der Waals surface area contributed by atoms with Crippen LogP contribution in [-0.4, -0.2) is 45.9 Å². The van der Waals surface area contributed by atoms with Crippen molar-refractivity contribution < 1.29 is 37.8 Å². The number of rotatable bonds is 7. The van der Waals surface area contributed by atoms with Crippen LogP contribution in [0.4, 0.5) is 18.0 Å². The zero-order valence-corrected chi connectivity index (χ0v) is 10.9. The van der Waals surface area contributed by atoms with Gasteiger partial charge in [-0.25, -0.2) is 9.59 Å². The fourth-order valence-electron chi connectivity index (χ4n) is 1.73. The maximum Gasteiger partial charge on any atom is 0.411 e. The van der Waals surface area contributed by atoms with Gasteiger partial charge in [0.1, 0.15) is 11.6 Å². The van der Waals surface area contributed by atoms with Gasteiger partial charge >= 0.3 is 24.1 Å². The molecule has 1 saturated carbocycles. The number of aliphatic carboxylic acids is 2. The van der Waals surface area contributed by atoms with E-state index in [4.69, 9.17) is 10.2 Å². The Kier molecular flexibility index (Phi) is 5.02. The second kappa shape index (κ2) is 6.19. The van der Waals surface area contributed by atoms with E-state index in [-0.39, 0.29) is 32.1 Å². The highest BCUT2D eigenvalue weighted by atomic mass is 19.4. The lowest BCUT2D eigenvalue weighted by Gasteiger charge is -2.22. The average Bonchev–Trinajstić information content (AvgIpc) is 3.07. The molecule has 0 spiro atoms. The lowest BCUT2D eigenvalue weighted by Crippen LogP contribution is -2.54. The second-order valence-electron chi connectivity index (χ2n) is 4.86. The minimum atomic E-state index is -4.59. The van der Waals surface area contributed by atoms with Gasteiger partial charge < -0.3 is 20.8 Å². The van der Waals surface area contributed by atoms with Crippen LogP contribution in [0.2, 0.25) is 0 Å². The Morgan fingerprint density at radius 2 is 1.76 bits per heavy atom. The predicted octanol–water partition coefficient (Wildman–Crippen LogP) is 1.09. The van der Waals surface area contributed by atoms with E-state index in [0.717, 1.165) is 0 Å². The van der Waals surface area contributed by atoms with Crippen LogP contribution >= 0.6 is 0 Å². The van der Waals surface area contributed by atoms with E-state index in [1.165, 1.54) is 0 Å². The number of urea groups is 1. The van der Waals surface area contributed by atoms with Crippen molar-refractivity contribution in [2.45, 2.75) is 49.9 Å². The van der Waals surface area contributed by atoms with Gasteiger partial charge in [0.15, 0.2) is 0 Å². The summed E-state index contributed by atoms with van der Waals surface area (Å²) in [7, 11) is 0. The summed E-state index contributed by atoms with van der Waals surface area (Å²) in [5.41, 5.74) is -2.28. The van der Waals surface area contributed by atoms with E-state index >= 15 is 0 Å². The van der Waals surface area contributed by atoms with Crippen LogP contribution in [0.3, 0.4) is 0 Å². The van der Waals surface area contributed by atoms with Crippen LogP contribution in [-0.2, 0) is 9.59 Å². The smallest absolute Gasteiger partial charge is 0.411 e. The molecule has 0 saturated heterocycles. The summed E-state index contributed by atoms with van der Waals surface area (Å²) in [6.45, 7) is 0. The number of halogens is 3. The van der Waals surface area contributed by atoms with Crippen molar-refractivity contribution in [3.8, 4) is 0 Å². The van der Waals surface area contributed by atoms with Crippen LogP contribution in [0.1, 0.15) is 32.1 Å². The zero-order valence-electron chi connectivity index (χ0n) is 10.9. The van der Waals surface area contributed by atoms with Gasteiger partial charge in [-0.2, -0.15) is 13.2 Å². The van der Waals surface area contributed by atoms with Gasteiger partial charge in [0.2, 0.25) is 0 Å². The number of carbonyl (C=O) groups excluding carboxylic acids is 1. The van der Waals surface area contributed by atoms with Crippen LogP contribution in [0.25, 0.3) is 0 Å². The minimum Gasteiger partial charge on any atom is -0.481 e. The van der Waals surface area contributed by atoms with Gasteiger partial charge in [0.25, 0.3) is 0 Å². The van der Waals surface area contributed by atoms with E-state index in [9.17, 15) is 27.6 Å². The normalized spacial score (nSPS) is 17.7. The summed E-state index contributed by atoms with van der Waals surface area (Å²) in [6, 6.07) is -2.67. The van der Waals surface area contributed by atoms with E-state index in [1.807, 2.05) is 5.32 Å². The first-order valence-corrected chi connectivity index (χ1v) is 6.17. The molecular weight excluding hydrogens is 297 g/mol. The Hall–Kier alpha value is -2.00. The Balaban J connectivity index is 2.50. The number of carboxylic acid groups (broad SMARTS) is 2. The molecule has 1 aliphatic carbocycles. The first kappa shape index (κ1) is 17.1. The van der Waals surface area contributed by atoms with E-state index in [2.05, 4.69) is 0 Å². The third kappa shape index (κ3) is 4.80. The van der Waals surface area contributed by atoms with Crippen LogP contribution in [0.15, 0.2) is 0 Å². The van der Waals surface area contributed by atoms with Crippen molar-refractivity contribution in [1.82, 2.24) is 10.6 Å². The standard InChI is InChI=1S/C11H15F3N2O5/c12-11(13,14)10(4-5-10)16-9(21)15-6(8(19)20)2-1-3-7(17)18/h6H,1-5H2,(H,17,18)(H,19,20)(H2,15,16,21)/t6-/m1/s1. The van der Waals surface area contributed by atoms with Gasteiger partial charge in [-0.15, -0.1) is 0 Å². The van der Waals surface area contributed by atoms with Gasteiger partial charge in [-0.1, -0.05) is 0 Å². The topological polar surface area (TPSA) is 116 Å². The molecular formula is C11H15F3N2O5. The van der Waals surface area contributed by atoms with E-state index < -0.39 is 35.7 Å². The summed E-state index contributed by atoms with van der Waals surface area (Å²) >= 11 is 0. The molecule has 7 nitrogen and oxygen atoms in total. The van der Waals surface area contributed by atoms with Crippen LogP contribution in [0, 0.1) is 0 Å². The molecule has 0 bridgehead atoms. The number of carbonyl (C=O) groups is 3. The molecule has 0 aromatic heterocycles. The number of alkyl halides is 3. The lowest BCUT2D eigenvalue weighted by atomic mass is 10.1. The summed E-state index contributed by atoms with van der Waals surface area (Å²) in [5.74, 6) is -2.56. The number of amides is 2. The summed E-state index contributed by atoms with van der Waals surface area (Å²) < 4.78 is 37.9. The SMILES string of the molecule is O=C(O)CCC[C@@H](NC(=O)NC1(C(F)(F)F)CC1)C(=O)O. The summed E-state index contributed by atoms with van der Waals surface area (Å²) in [6.07, 6.45) is -5.58. The third-order valence-electron chi connectivity index (χ3n) is 3.13. The van der Waals surface area contributed by atoms with Crippen molar-refractivity contribution in [3.63, 3.8) is 0 Å². The number of hydrogen-bond donors (Lipinski definition) is 4. The minimum absolute atomic E-state index is 0.0169. The highest BCUT2D eigenvalue weighted by Gasteiger charge is 2.64. The number of nitrogens with one attached hydrogen (secondary N) is 2. The van der Waals surface area contributed by atoms with Gasteiger partial charge in [0.05, 0.1) is 0 Å². The van der Waals surface area contributed by atoms with E-state index in [1.54, 1.807) is 5.32 Å². The molecule has 10 heteroatoms. The third-order valence-corrected chi connectivity index (χ3v) is 3.13. The van der Waals surface area contributed by atoms with Crippen LogP contribution < -0.4 is 10.6 Å². The highest BCUT2D eigenvalue weighted by molar-refractivity contribution is 5.83. The quantitative estimate of drug-likeness (QED) is 0.561. The molecule has 0 aromatic carbocycles. The molecule has 0 aliphatic heterocycles. The van der Waals surface area contributed by atoms with Crippen molar-refractivity contribution in [2.24, 2.45) is 0 Å². The first-order valence-electron chi connectivity index (χ1n) is 6.17. The molecule has 0 heterocycles. The molecule has 1 fully saturated rings. The number of carboxylic acids is 2. The van der Waals surface area contributed by atoms with Gasteiger partial charge in [0, 0.05) is 6.42 Å². The maximum atomic E-state index is 12.6. The molecule has 0 aromatic rings. The Bertz CT molecular complexity index is 434. The molecule has 0 radical (unpaired) electrons. The molecule has 2 amide bonds. The van der Waals surface area contributed by atoms with Gasteiger partial charge in [-0.05, 0) is 25.7 Å². The van der Waals surface area contributed by atoms with Crippen LogP contribution in [0.5, 0.6) is 0 Å². The Morgan fingerprint density at radius 1 is 1.19 bits per heavy atom. The van der Waals surface area contributed by atoms with Crippen molar-refractivity contribution in [2.75, 3.05) is 0 Å². The van der Waals surface area contributed by atoms with Gasteiger partial charge in [-0.3, -0.25) is 4.79 Å². The first-order chi connectivity index (χ1) is 9.57. The molecule has 1 rings (SSSR count). The fraction of sp³-hybridized carbons (Fsp3) is 0.727. The average molecular weight is 312 g/mol. The Morgan fingerprint density at radius 3 is 2.14 bits per heavy atom. The molecule has 120 valence electrons. The molecule has 21 heavy (non-hydrogen) atoms. The molecule has 0 unspecified atom stereocenters. The molecule has 4 N–H and O–H groups in total. The highest BCUT2D eigenvalue weighted by Crippen LogP contribution is 2.48. The fourth-order valence-corrected chi connectivity index (χ4v) is 1.73. The lowest BCUT2D eigenvalue weighted by molar-refractivity contribution is -0.162. The van der Waals surface area contributed by atoms with Crippen molar-refractivity contribution in [3.05, 3.63) is 0 Å². The molecule has 1 atom stereocenters. The largest absolute Gasteiger partial charge is 0.481 e. The molecule has 1 aliphatic rings. The summed E-state index contributed by atoms with van der Waals surface area (Å²) in [4.78, 5) is 32.6. The summed E-state index contributed by atoms with van der Waals surface area (Å²) in [5, 5.41) is 20.9. The van der Waals surface area contributed by atoms with E-state index in [0.29, 0.717) is 0 Å². The maximum absolute atomic E-state index is 12.6. The number of hydrogen-bond acceptors (Lipinski definition) is 3. The zero-order chi connectivity index (χ0) is 16.3.